The van der Waals surface area contributed by atoms with Crippen molar-refractivity contribution in [2.24, 2.45) is 0 Å². The van der Waals surface area contributed by atoms with Crippen molar-refractivity contribution < 1.29 is 9.84 Å². The van der Waals surface area contributed by atoms with Crippen molar-refractivity contribution in [3.63, 3.8) is 0 Å². The molecule has 0 radical (unpaired) electrons. The molecule has 4 heteroatoms. The average molecular weight is 278 g/mol. The summed E-state index contributed by atoms with van der Waals surface area (Å²) in [5, 5.41) is 13.3. The van der Waals surface area contributed by atoms with E-state index in [0.717, 1.165) is 38.3 Å². The topological polar surface area (TPSA) is 44.7 Å². The molecule has 20 heavy (non-hydrogen) atoms. The zero-order valence-electron chi connectivity index (χ0n) is 12.3. The van der Waals surface area contributed by atoms with Crippen LogP contribution in [0.25, 0.3) is 0 Å². The molecule has 0 bridgehead atoms. The normalized spacial score (nSPS) is 17.3. The third kappa shape index (κ3) is 5.12. The molecular formula is C16H26N2O2. The molecule has 1 atom stereocenters. The van der Waals surface area contributed by atoms with Crippen LogP contribution in [0.15, 0.2) is 24.3 Å². The summed E-state index contributed by atoms with van der Waals surface area (Å²) >= 11 is 0. The minimum Gasteiger partial charge on any atom is -0.497 e. The summed E-state index contributed by atoms with van der Waals surface area (Å²) in [6.45, 7) is 4.65. The summed E-state index contributed by atoms with van der Waals surface area (Å²) < 4.78 is 5.14. The van der Waals surface area contributed by atoms with E-state index in [9.17, 15) is 5.11 Å². The second-order valence-electron chi connectivity index (χ2n) is 5.46. The summed E-state index contributed by atoms with van der Waals surface area (Å²) in [6, 6.07) is 8.14. The molecule has 2 N–H and O–H groups in total. The van der Waals surface area contributed by atoms with Crippen molar-refractivity contribution in [2.75, 3.05) is 39.8 Å². The Kier molecular flexibility index (Phi) is 6.30. The third-order valence-electron chi connectivity index (χ3n) is 3.80. The number of benzene rings is 1. The molecule has 1 aliphatic heterocycles. The van der Waals surface area contributed by atoms with Crippen LogP contribution in [0.1, 0.15) is 18.4 Å². The first kappa shape index (κ1) is 15.3. The van der Waals surface area contributed by atoms with Crippen molar-refractivity contribution in [1.29, 1.82) is 0 Å². The molecule has 0 aliphatic carbocycles. The SMILES string of the molecule is COc1ccc(CCNCC(O)CN2CCCC2)cc1. The van der Waals surface area contributed by atoms with Gasteiger partial charge in [-0.25, -0.2) is 0 Å². The Bertz CT molecular complexity index is 375. The van der Waals surface area contributed by atoms with Crippen LogP contribution in [-0.4, -0.2) is 55.9 Å². The number of nitrogens with one attached hydrogen (secondary N) is 1. The molecule has 4 nitrogen and oxygen atoms in total. The lowest BCUT2D eigenvalue weighted by molar-refractivity contribution is 0.124. The van der Waals surface area contributed by atoms with E-state index in [1.54, 1.807) is 7.11 Å². The second-order valence-corrected chi connectivity index (χ2v) is 5.46. The van der Waals surface area contributed by atoms with Crippen LogP contribution in [0.2, 0.25) is 0 Å². The second kappa shape index (κ2) is 8.25. The van der Waals surface area contributed by atoms with Gasteiger partial charge in [-0.05, 0) is 56.6 Å². The van der Waals surface area contributed by atoms with Gasteiger partial charge in [0.2, 0.25) is 0 Å². The lowest BCUT2D eigenvalue weighted by Crippen LogP contribution is -2.37. The fourth-order valence-corrected chi connectivity index (χ4v) is 2.62. The molecule has 0 aromatic heterocycles. The van der Waals surface area contributed by atoms with E-state index in [0.29, 0.717) is 6.54 Å². The monoisotopic (exact) mass is 278 g/mol. The summed E-state index contributed by atoms with van der Waals surface area (Å²) in [6.07, 6.45) is 3.26. The number of aliphatic hydroxyl groups is 1. The highest BCUT2D eigenvalue weighted by Crippen LogP contribution is 2.11. The Hall–Kier alpha value is -1.10. The number of β-amino-alcohol motifs (C(OH)–C–C–N with tert-alkyl or cyclic N) is 1. The lowest BCUT2D eigenvalue weighted by atomic mass is 10.1. The van der Waals surface area contributed by atoms with Gasteiger partial charge in [0.25, 0.3) is 0 Å². The van der Waals surface area contributed by atoms with Gasteiger partial charge in [0.1, 0.15) is 5.75 Å². The van der Waals surface area contributed by atoms with Crippen molar-refractivity contribution in [1.82, 2.24) is 10.2 Å². The average Bonchev–Trinajstić information content (AvgIpc) is 2.97. The highest BCUT2D eigenvalue weighted by molar-refractivity contribution is 5.27. The van der Waals surface area contributed by atoms with Gasteiger partial charge in [-0.3, -0.25) is 0 Å². The van der Waals surface area contributed by atoms with E-state index in [1.165, 1.54) is 18.4 Å². The Morgan fingerprint density at radius 1 is 1.25 bits per heavy atom. The van der Waals surface area contributed by atoms with E-state index in [-0.39, 0.29) is 6.10 Å². The zero-order valence-corrected chi connectivity index (χ0v) is 12.3. The van der Waals surface area contributed by atoms with E-state index in [4.69, 9.17) is 4.74 Å². The maximum absolute atomic E-state index is 9.95. The molecule has 1 unspecified atom stereocenters. The van der Waals surface area contributed by atoms with Crippen LogP contribution >= 0.6 is 0 Å². The predicted octanol–water partition coefficient (Wildman–Crippen LogP) is 1.28. The maximum Gasteiger partial charge on any atom is 0.118 e. The molecule has 1 aromatic carbocycles. The van der Waals surface area contributed by atoms with Gasteiger partial charge >= 0.3 is 0 Å². The number of hydrogen-bond acceptors (Lipinski definition) is 4. The highest BCUT2D eigenvalue weighted by atomic mass is 16.5. The first-order chi connectivity index (χ1) is 9.78. The van der Waals surface area contributed by atoms with Gasteiger partial charge in [-0.15, -0.1) is 0 Å². The summed E-state index contributed by atoms with van der Waals surface area (Å²) in [5.41, 5.74) is 1.28. The van der Waals surface area contributed by atoms with Gasteiger partial charge in [0.15, 0.2) is 0 Å². The minimum atomic E-state index is -0.260. The number of rotatable bonds is 8. The molecule has 2 rings (SSSR count). The highest BCUT2D eigenvalue weighted by Gasteiger charge is 2.15. The smallest absolute Gasteiger partial charge is 0.118 e. The fraction of sp³-hybridized carbons (Fsp3) is 0.625. The van der Waals surface area contributed by atoms with Crippen molar-refractivity contribution in [2.45, 2.75) is 25.4 Å². The van der Waals surface area contributed by atoms with Crippen LogP contribution < -0.4 is 10.1 Å². The van der Waals surface area contributed by atoms with Gasteiger partial charge in [-0.1, -0.05) is 12.1 Å². The van der Waals surface area contributed by atoms with Crippen LogP contribution in [0.4, 0.5) is 0 Å². The van der Waals surface area contributed by atoms with Crippen molar-refractivity contribution in [3.8, 4) is 5.75 Å². The number of hydrogen-bond donors (Lipinski definition) is 2. The van der Waals surface area contributed by atoms with Gasteiger partial charge in [0, 0.05) is 13.1 Å². The maximum atomic E-state index is 9.95. The van der Waals surface area contributed by atoms with Gasteiger partial charge in [0.05, 0.1) is 13.2 Å². The van der Waals surface area contributed by atoms with Crippen LogP contribution in [0, 0.1) is 0 Å². The van der Waals surface area contributed by atoms with Crippen LogP contribution in [0.5, 0.6) is 5.75 Å². The first-order valence-electron chi connectivity index (χ1n) is 7.52. The van der Waals surface area contributed by atoms with Crippen molar-refractivity contribution >= 4 is 0 Å². The Balaban J connectivity index is 1.58. The Morgan fingerprint density at radius 3 is 2.60 bits per heavy atom. The van der Waals surface area contributed by atoms with Crippen LogP contribution in [0.3, 0.4) is 0 Å². The number of methoxy groups -OCH3 is 1. The lowest BCUT2D eigenvalue weighted by Gasteiger charge is -2.19. The Labute approximate surface area is 121 Å². The molecular weight excluding hydrogens is 252 g/mol. The van der Waals surface area contributed by atoms with E-state index < -0.39 is 0 Å². The first-order valence-corrected chi connectivity index (χ1v) is 7.52. The quantitative estimate of drug-likeness (QED) is 0.703. The minimum absolute atomic E-state index is 0.260. The molecule has 0 amide bonds. The predicted molar refractivity (Wildman–Crippen MR) is 81.2 cm³/mol. The molecule has 1 fully saturated rings. The van der Waals surface area contributed by atoms with E-state index in [1.807, 2.05) is 12.1 Å². The third-order valence-corrected chi connectivity index (χ3v) is 3.80. The molecule has 0 saturated carbocycles. The number of nitrogens with zero attached hydrogens (tertiary/aromatic N) is 1. The van der Waals surface area contributed by atoms with E-state index >= 15 is 0 Å². The summed E-state index contributed by atoms with van der Waals surface area (Å²) in [5.74, 6) is 0.891. The molecule has 0 spiro atoms. The molecule has 1 aliphatic rings. The summed E-state index contributed by atoms with van der Waals surface area (Å²) in [4.78, 5) is 2.34. The Morgan fingerprint density at radius 2 is 1.95 bits per heavy atom. The van der Waals surface area contributed by atoms with Gasteiger partial charge in [-0.2, -0.15) is 0 Å². The van der Waals surface area contributed by atoms with Crippen molar-refractivity contribution in [3.05, 3.63) is 29.8 Å². The van der Waals surface area contributed by atoms with E-state index in [2.05, 4.69) is 22.3 Å². The number of aliphatic hydroxyl groups excluding tert-OH is 1. The number of ether oxygens (including phenoxy) is 1. The van der Waals surface area contributed by atoms with Gasteiger partial charge < -0.3 is 20.1 Å². The molecule has 1 saturated heterocycles. The zero-order chi connectivity index (χ0) is 14.2. The standard InChI is InChI=1S/C16H26N2O2/c1-20-16-6-4-14(5-7-16)8-9-17-12-15(19)13-18-10-2-3-11-18/h4-7,15,17,19H,2-3,8-13H2,1H3. The largest absolute Gasteiger partial charge is 0.497 e. The van der Waals surface area contributed by atoms with Crippen LogP contribution in [-0.2, 0) is 6.42 Å². The molecule has 1 aromatic rings. The fourth-order valence-electron chi connectivity index (χ4n) is 2.62. The molecule has 1 heterocycles. The summed E-state index contributed by atoms with van der Waals surface area (Å²) in [7, 11) is 1.68. The molecule has 112 valence electrons. The number of likely N-dealkylation sites (tertiary alicyclic amines) is 1.